The van der Waals surface area contributed by atoms with Crippen LogP contribution in [0.3, 0.4) is 0 Å². The van der Waals surface area contributed by atoms with Gasteiger partial charge in [-0.2, -0.15) is 0 Å². The summed E-state index contributed by atoms with van der Waals surface area (Å²) in [6.07, 6.45) is 0. The maximum atomic E-state index is 12.7. The van der Waals surface area contributed by atoms with E-state index in [2.05, 4.69) is 10.6 Å². The molecule has 1 saturated heterocycles. The van der Waals surface area contributed by atoms with Crippen LogP contribution in [0.5, 0.6) is 0 Å². The standard InChI is InChI=1S/C25H27N3O2S2/c29-32(30)18-23(26-16-20-10-4-1-5-11-20)24(19-32)28(17-21-12-6-2-7-13-21)25(31)27-22-14-8-3-9-15-22/h1-15,23-24,26H,16-19H2,(H,27,31). The molecule has 2 atom stereocenters. The molecule has 4 rings (SSSR count). The molecule has 166 valence electrons. The van der Waals surface area contributed by atoms with Crippen LogP contribution in [0.1, 0.15) is 11.1 Å². The highest BCUT2D eigenvalue weighted by atomic mass is 32.2. The van der Waals surface area contributed by atoms with E-state index in [1.807, 2.05) is 95.9 Å². The lowest BCUT2D eigenvalue weighted by Gasteiger charge is -2.35. The van der Waals surface area contributed by atoms with Crippen molar-refractivity contribution in [2.75, 3.05) is 16.8 Å². The molecule has 32 heavy (non-hydrogen) atoms. The summed E-state index contributed by atoms with van der Waals surface area (Å²) in [5, 5.41) is 7.30. The number of benzene rings is 3. The summed E-state index contributed by atoms with van der Waals surface area (Å²) in [6.45, 7) is 1.14. The minimum absolute atomic E-state index is 0.0723. The molecule has 1 heterocycles. The van der Waals surface area contributed by atoms with Gasteiger partial charge in [0, 0.05) is 24.8 Å². The van der Waals surface area contributed by atoms with Crippen molar-refractivity contribution in [3.05, 3.63) is 102 Å². The van der Waals surface area contributed by atoms with E-state index in [1.165, 1.54) is 0 Å². The zero-order valence-corrected chi connectivity index (χ0v) is 19.4. The van der Waals surface area contributed by atoms with Crippen molar-refractivity contribution in [1.82, 2.24) is 10.2 Å². The van der Waals surface area contributed by atoms with Gasteiger partial charge in [0.1, 0.15) is 0 Å². The van der Waals surface area contributed by atoms with Crippen LogP contribution < -0.4 is 10.6 Å². The predicted octanol–water partition coefficient (Wildman–Crippen LogP) is 3.84. The molecular weight excluding hydrogens is 438 g/mol. The van der Waals surface area contributed by atoms with Gasteiger partial charge in [0.2, 0.25) is 0 Å². The zero-order valence-electron chi connectivity index (χ0n) is 17.7. The lowest BCUT2D eigenvalue weighted by molar-refractivity contribution is 0.281. The average Bonchev–Trinajstić information content (AvgIpc) is 3.12. The Morgan fingerprint density at radius 2 is 1.41 bits per heavy atom. The van der Waals surface area contributed by atoms with Crippen molar-refractivity contribution in [3.8, 4) is 0 Å². The van der Waals surface area contributed by atoms with E-state index in [9.17, 15) is 8.42 Å². The first-order valence-electron chi connectivity index (χ1n) is 10.6. The molecule has 0 saturated carbocycles. The van der Waals surface area contributed by atoms with Gasteiger partial charge >= 0.3 is 0 Å². The normalized spacial score (nSPS) is 19.4. The van der Waals surface area contributed by atoms with Crippen molar-refractivity contribution in [2.24, 2.45) is 0 Å². The van der Waals surface area contributed by atoms with Gasteiger partial charge in [-0.25, -0.2) is 8.42 Å². The maximum Gasteiger partial charge on any atom is 0.174 e. The molecule has 1 fully saturated rings. The van der Waals surface area contributed by atoms with Gasteiger partial charge in [-0.05, 0) is 35.5 Å². The Labute approximate surface area is 195 Å². The van der Waals surface area contributed by atoms with Gasteiger partial charge in [-0.3, -0.25) is 0 Å². The molecule has 1 aliphatic rings. The Morgan fingerprint density at radius 1 is 0.844 bits per heavy atom. The summed E-state index contributed by atoms with van der Waals surface area (Å²) < 4.78 is 25.3. The summed E-state index contributed by atoms with van der Waals surface area (Å²) in [6, 6.07) is 29.3. The van der Waals surface area contributed by atoms with E-state index in [0.717, 1.165) is 16.8 Å². The lowest BCUT2D eigenvalue weighted by atomic mass is 10.1. The molecule has 5 nitrogen and oxygen atoms in total. The van der Waals surface area contributed by atoms with Crippen molar-refractivity contribution < 1.29 is 8.42 Å². The van der Waals surface area contributed by atoms with E-state index in [0.29, 0.717) is 18.2 Å². The summed E-state index contributed by atoms with van der Waals surface area (Å²) in [7, 11) is -3.18. The molecule has 2 unspecified atom stereocenters. The highest BCUT2D eigenvalue weighted by Crippen LogP contribution is 2.23. The third-order valence-electron chi connectivity index (χ3n) is 5.62. The summed E-state index contributed by atoms with van der Waals surface area (Å²) in [5.74, 6) is 0.173. The fourth-order valence-corrected chi connectivity index (χ4v) is 6.29. The molecule has 3 aromatic carbocycles. The van der Waals surface area contributed by atoms with Gasteiger partial charge in [-0.15, -0.1) is 0 Å². The van der Waals surface area contributed by atoms with Crippen molar-refractivity contribution >= 4 is 32.9 Å². The fraction of sp³-hybridized carbons (Fsp3) is 0.240. The Bertz CT molecular complexity index is 1120. The predicted molar refractivity (Wildman–Crippen MR) is 134 cm³/mol. The first kappa shape index (κ1) is 22.5. The average molecular weight is 466 g/mol. The number of para-hydroxylation sites is 1. The molecule has 0 aromatic heterocycles. The number of hydrogen-bond donors (Lipinski definition) is 2. The van der Waals surface area contributed by atoms with Gasteiger partial charge in [0.05, 0.1) is 17.5 Å². The van der Waals surface area contributed by atoms with Crippen LogP contribution in [0, 0.1) is 0 Å². The highest BCUT2D eigenvalue weighted by Gasteiger charge is 2.41. The summed E-state index contributed by atoms with van der Waals surface area (Å²) in [5.41, 5.74) is 3.08. The number of nitrogens with zero attached hydrogens (tertiary/aromatic N) is 1. The van der Waals surface area contributed by atoms with Gasteiger partial charge < -0.3 is 15.5 Å². The van der Waals surface area contributed by atoms with Crippen LogP contribution in [-0.4, -0.2) is 42.0 Å². The molecule has 0 aliphatic carbocycles. The van der Waals surface area contributed by atoms with E-state index in [-0.39, 0.29) is 23.6 Å². The largest absolute Gasteiger partial charge is 0.339 e. The van der Waals surface area contributed by atoms with E-state index in [1.54, 1.807) is 0 Å². The van der Waals surface area contributed by atoms with E-state index in [4.69, 9.17) is 12.2 Å². The minimum atomic E-state index is -3.18. The Hall–Kier alpha value is -2.74. The van der Waals surface area contributed by atoms with Crippen molar-refractivity contribution in [1.29, 1.82) is 0 Å². The number of rotatable bonds is 7. The monoisotopic (exact) mass is 465 g/mol. The van der Waals surface area contributed by atoms with Crippen LogP contribution in [0.2, 0.25) is 0 Å². The topological polar surface area (TPSA) is 61.4 Å². The van der Waals surface area contributed by atoms with Crippen LogP contribution in [0.15, 0.2) is 91.0 Å². The first-order valence-corrected chi connectivity index (χ1v) is 12.9. The molecule has 3 aromatic rings. The van der Waals surface area contributed by atoms with E-state index < -0.39 is 9.84 Å². The maximum absolute atomic E-state index is 12.7. The third-order valence-corrected chi connectivity index (χ3v) is 7.67. The van der Waals surface area contributed by atoms with Gasteiger partial charge in [0.25, 0.3) is 0 Å². The summed E-state index contributed by atoms with van der Waals surface area (Å²) >= 11 is 5.79. The second-order valence-corrected chi connectivity index (χ2v) is 10.6. The van der Waals surface area contributed by atoms with Gasteiger partial charge in [-0.1, -0.05) is 78.9 Å². The van der Waals surface area contributed by atoms with Crippen LogP contribution in [-0.2, 0) is 22.9 Å². The number of nitrogens with one attached hydrogen (secondary N) is 2. The summed E-state index contributed by atoms with van der Waals surface area (Å²) in [4.78, 5) is 2.02. The SMILES string of the molecule is O=S1(=O)CC(NCc2ccccc2)C(N(Cc2ccccc2)C(=S)Nc2ccccc2)C1. The number of sulfone groups is 1. The number of hydrogen-bond acceptors (Lipinski definition) is 4. The smallest absolute Gasteiger partial charge is 0.174 e. The Morgan fingerprint density at radius 3 is 2.03 bits per heavy atom. The van der Waals surface area contributed by atoms with Crippen molar-refractivity contribution in [3.63, 3.8) is 0 Å². The molecular formula is C25H27N3O2S2. The number of anilines is 1. The number of thiocarbonyl (C=S) groups is 1. The quantitative estimate of drug-likeness (QED) is 0.517. The molecule has 2 N–H and O–H groups in total. The third kappa shape index (κ3) is 5.94. The Kier molecular flexibility index (Phi) is 7.19. The second-order valence-electron chi connectivity index (χ2n) is 8.03. The Balaban J connectivity index is 1.58. The second kappa shape index (κ2) is 10.3. The first-order chi connectivity index (χ1) is 15.5. The molecule has 7 heteroatoms. The van der Waals surface area contributed by atoms with Crippen molar-refractivity contribution in [2.45, 2.75) is 25.2 Å². The lowest BCUT2D eigenvalue weighted by Crippen LogP contribution is -2.52. The minimum Gasteiger partial charge on any atom is -0.339 e. The molecule has 0 amide bonds. The molecule has 0 bridgehead atoms. The highest BCUT2D eigenvalue weighted by molar-refractivity contribution is 7.91. The fourth-order valence-electron chi connectivity index (χ4n) is 4.01. The molecule has 0 radical (unpaired) electrons. The molecule has 0 spiro atoms. The van der Waals surface area contributed by atoms with Crippen LogP contribution in [0.4, 0.5) is 5.69 Å². The van der Waals surface area contributed by atoms with Crippen LogP contribution in [0.25, 0.3) is 0 Å². The molecule has 1 aliphatic heterocycles. The zero-order chi connectivity index (χ0) is 22.4. The van der Waals surface area contributed by atoms with Gasteiger partial charge in [0.15, 0.2) is 14.9 Å². The van der Waals surface area contributed by atoms with Crippen LogP contribution >= 0.6 is 12.2 Å². The van der Waals surface area contributed by atoms with E-state index >= 15 is 0 Å².